The zero-order chi connectivity index (χ0) is 24.6. The predicted octanol–water partition coefficient (Wildman–Crippen LogP) is 5.46. The Morgan fingerprint density at radius 2 is 1.91 bits per heavy atom. The summed E-state index contributed by atoms with van der Waals surface area (Å²) >= 11 is 3.61. The zero-order valence-electron chi connectivity index (χ0n) is 19.2. The van der Waals surface area contributed by atoms with Crippen molar-refractivity contribution in [1.82, 2.24) is 20.2 Å². The first kappa shape index (κ1) is 24.9. The van der Waals surface area contributed by atoms with Crippen molar-refractivity contribution >= 4 is 62.9 Å². The number of fused-ring (bicyclic) bond motifs is 1. The highest BCUT2D eigenvalue weighted by Gasteiger charge is 2.19. The summed E-state index contributed by atoms with van der Waals surface area (Å²) in [5.74, 6) is 0.562. The second-order valence-corrected chi connectivity index (χ2v) is 10.3. The molecule has 0 spiro atoms. The molecule has 0 unspecified atom stereocenters. The average molecular weight is 596 g/mol. The normalized spacial score (nSPS) is 12.1. The van der Waals surface area contributed by atoms with Crippen LogP contribution in [0.1, 0.15) is 18.3 Å². The van der Waals surface area contributed by atoms with E-state index in [9.17, 15) is 4.79 Å². The number of hydrazone groups is 1. The molecule has 0 aliphatic carbocycles. The lowest BCUT2D eigenvalue weighted by atomic mass is 10.1. The van der Waals surface area contributed by atoms with Gasteiger partial charge in [-0.2, -0.15) is 5.10 Å². The highest BCUT2D eigenvalue weighted by Crippen LogP contribution is 2.23. The number of carbonyl (C=O) groups excluding carboxylic acids is 1. The predicted molar refractivity (Wildman–Crippen MR) is 152 cm³/mol. The van der Waals surface area contributed by atoms with Gasteiger partial charge in [-0.05, 0) is 76.2 Å². The molecule has 2 N–H and O–H groups in total. The van der Waals surface area contributed by atoms with E-state index in [-0.39, 0.29) is 5.91 Å². The van der Waals surface area contributed by atoms with Crippen LogP contribution in [0.5, 0.6) is 0 Å². The molecule has 0 radical (unpaired) electrons. The highest BCUT2D eigenvalue weighted by atomic mass is 127. The maximum atomic E-state index is 12.6. The maximum Gasteiger partial charge on any atom is 0.253 e. The SMILES string of the molecule is C=CCn1c(CNc2ccc(I)cc2)nnc1S[C@H](C)C(=O)NN=Cc1ccc2ccccc2c1. The molecule has 0 saturated carbocycles. The van der Waals surface area contributed by atoms with E-state index in [1.165, 1.54) is 15.3 Å². The van der Waals surface area contributed by atoms with Crippen molar-refractivity contribution in [3.05, 3.63) is 94.3 Å². The number of aromatic nitrogens is 3. The summed E-state index contributed by atoms with van der Waals surface area (Å²) in [5, 5.41) is 18.7. The smallest absolute Gasteiger partial charge is 0.253 e. The maximum absolute atomic E-state index is 12.6. The van der Waals surface area contributed by atoms with Crippen LogP contribution in [0.4, 0.5) is 5.69 Å². The van der Waals surface area contributed by atoms with Crippen LogP contribution >= 0.6 is 34.4 Å². The van der Waals surface area contributed by atoms with Crippen molar-refractivity contribution in [2.75, 3.05) is 5.32 Å². The number of nitrogens with zero attached hydrogens (tertiary/aromatic N) is 4. The van der Waals surface area contributed by atoms with Gasteiger partial charge in [-0.25, -0.2) is 5.43 Å². The first-order chi connectivity index (χ1) is 17.0. The number of thioether (sulfide) groups is 1. The zero-order valence-corrected chi connectivity index (χ0v) is 22.2. The molecule has 178 valence electrons. The largest absolute Gasteiger partial charge is 0.378 e. The monoisotopic (exact) mass is 596 g/mol. The van der Waals surface area contributed by atoms with Gasteiger partial charge in [0, 0.05) is 15.8 Å². The molecule has 1 atom stereocenters. The van der Waals surface area contributed by atoms with E-state index in [1.54, 1.807) is 12.3 Å². The Hall–Kier alpha value is -3.18. The van der Waals surface area contributed by atoms with Gasteiger partial charge in [0.05, 0.1) is 18.0 Å². The van der Waals surface area contributed by atoms with Gasteiger partial charge in [0.15, 0.2) is 11.0 Å². The first-order valence-electron chi connectivity index (χ1n) is 11.0. The summed E-state index contributed by atoms with van der Waals surface area (Å²) in [6.07, 6.45) is 3.44. The standard InChI is InChI=1S/C26H25IN6OS/c1-3-14-33-24(17-28-23-12-10-22(27)11-13-23)30-32-26(33)35-18(2)25(34)31-29-16-19-8-9-20-6-4-5-7-21(20)15-19/h3-13,15-16,18,28H,1,14,17H2,2H3,(H,31,34)/t18-/m1/s1. The number of hydrogen-bond donors (Lipinski definition) is 2. The van der Waals surface area contributed by atoms with Gasteiger partial charge in [0.1, 0.15) is 0 Å². The van der Waals surface area contributed by atoms with Crippen molar-refractivity contribution in [1.29, 1.82) is 0 Å². The molecular formula is C26H25IN6OS. The number of nitrogens with one attached hydrogen (secondary N) is 2. The highest BCUT2D eigenvalue weighted by molar-refractivity contribution is 14.1. The van der Waals surface area contributed by atoms with Crippen LogP contribution in [-0.2, 0) is 17.9 Å². The molecule has 0 fully saturated rings. The van der Waals surface area contributed by atoms with Gasteiger partial charge in [0.2, 0.25) is 0 Å². The molecule has 4 aromatic rings. The van der Waals surface area contributed by atoms with Crippen molar-refractivity contribution in [2.24, 2.45) is 5.10 Å². The minimum absolute atomic E-state index is 0.209. The van der Waals surface area contributed by atoms with Gasteiger partial charge in [-0.1, -0.05) is 54.2 Å². The lowest BCUT2D eigenvalue weighted by Crippen LogP contribution is -2.27. The van der Waals surface area contributed by atoms with Crippen LogP contribution in [-0.4, -0.2) is 32.1 Å². The minimum Gasteiger partial charge on any atom is -0.378 e. The van der Waals surface area contributed by atoms with Crippen molar-refractivity contribution in [3.63, 3.8) is 0 Å². The molecule has 1 amide bonds. The van der Waals surface area contributed by atoms with Gasteiger partial charge in [0.25, 0.3) is 5.91 Å². The fourth-order valence-corrected chi connectivity index (χ4v) is 4.59. The topological polar surface area (TPSA) is 84.2 Å². The minimum atomic E-state index is -0.409. The molecule has 7 nitrogen and oxygen atoms in total. The third-order valence-corrected chi connectivity index (χ3v) is 7.01. The van der Waals surface area contributed by atoms with E-state index in [0.29, 0.717) is 18.2 Å². The Kier molecular flexibility index (Phi) is 8.54. The number of rotatable bonds is 10. The number of allylic oxidation sites excluding steroid dienone is 1. The Labute approximate surface area is 222 Å². The third-order valence-electron chi connectivity index (χ3n) is 5.21. The van der Waals surface area contributed by atoms with Crippen LogP contribution in [0.2, 0.25) is 0 Å². The van der Waals surface area contributed by atoms with Crippen LogP contribution in [0.3, 0.4) is 0 Å². The Morgan fingerprint density at radius 3 is 2.69 bits per heavy atom. The molecule has 1 heterocycles. The van der Waals surface area contributed by atoms with Crippen molar-refractivity contribution in [3.8, 4) is 0 Å². The fourth-order valence-electron chi connectivity index (χ4n) is 3.36. The van der Waals surface area contributed by atoms with Crippen molar-refractivity contribution in [2.45, 2.75) is 30.4 Å². The molecule has 35 heavy (non-hydrogen) atoms. The summed E-state index contributed by atoms with van der Waals surface area (Å²) in [5.41, 5.74) is 4.55. The number of carbonyl (C=O) groups is 1. The molecule has 4 rings (SSSR count). The molecule has 9 heteroatoms. The molecular weight excluding hydrogens is 571 g/mol. The van der Waals surface area contributed by atoms with Gasteiger partial charge in [-0.3, -0.25) is 4.79 Å². The van der Waals surface area contributed by atoms with E-state index < -0.39 is 5.25 Å². The molecule has 0 aliphatic heterocycles. The second-order valence-electron chi connectivity index (χ2n) is 7.76. The number of halogens is 1. The molecule has 0 aliphatic rings. The van der Waals surface area contributed by atoms with Gasteiger partial charge < -0.3 is 9.88 Å². The lowest BCUT2D eigenvalue weighted by molar-refractivity contribution is -0.120. The first-order valence-corrected chi connectivity index (χ1v) is 13.0. The van der Waals surface area contributed by atoms with Crippen LogP contribution in [0.15, 0.2) is 89.6 Å². The van der Waals surface area contributed by atoms with Gasteiger partial charge >= 0.3 is 0 Å². The summed E-state index contributed by atoms with van der Waals surface area (Å²) < 4.78 is 3.13. The van der Waals surface area contributed by atoms with Crippen LogP contribution < -0.4 is 10.7 Å². The molecule has 3 aromatic carbocycles. The third kappa shape index (κ3) is 6.70. The van der Waals surface area contributed by atoms with E-state index >= 15 is 0 Å². The Bertz CT molecular complexity index is 1350. The molecule has 0 bridgehead atoms. The molecule has 1 aromatic heterocycles. The fraction of sp³-hybridized carbons (Fsp3) is 0.154. The molecule has 0 saturated heterocycles. The average Bonchev–Trinajstić information content (AvgIpc) is 3.24. The summed E-state index contributed by atoms with van der Waals surface area (Å²) in [7, 11) is 0. The van der Waals surface area contributed by atoms with Crippen LogP contribution in [0, 0.1) is 3.57 Å². The number of hydrogen-bond acceptors (Lipinski definition) is 6. The Morgan fingerprint density at radius 1 is 1.14 bits per heavy atom. The van der Waals surface area contributed by atoms with Crippen LogP contribution in [0.25, 0.3) is 10.8 Å². The number of amides is 1. The van der Waals surface area contributed by atoms with E-state index in [0.717, 1.165) is 27.8 Å². The quantitative estimate of drug-likeness (QED) is 0.0835. The summed E-state index contributed by atoms with van der Waals surface area (Å²) in [4.78, 5) is 12.6. The number of benzene rings is 3. The summed E-state index contributed by atoms with van der Waals surface area (Å²) in [6.45, 7) is 6.73. The van der Waals surface area contributed by atoms with E-state index in [2.05, 4.69) is 61.3 Å². The number of anilines is 1. The van der Waals surface area contributed by atoms with Crippen molar-refractivity contribution < 1.29 is 4.79 Å². The van der Waals surface area contributed by atoms with E-state index in [4.69, 9.17) is 0 Å². The summed E-state index contributed by atoms with van der Waals surface area (Å²) in [6, 6.07) is 22.3. The second kappa shape index (κ2) is 12.0. The Balaban J connectivity index is 1.36. The van der Waals surface area contributed by atoms with E-state index in [1.807, 2.05) is 72.2 Å². The van der Waals surface area contributed by atoms with Gasteiger partial charge in [-0.15, -0.1) is 16.8 Å². The lowest BCUT2D eigenvalue weighted by Gasteiger charge is -2.12.